The SMILES string of the molecule is COC1CCN(CC(N)C(=O)O)CC1. The Labute approximate surface area is 83.8 Å². The number of hydrogen-bond acceptors (Lipinski definition) is 4. The zero-order chi connectivity index (χ0) is 10.6. The average molecular weight is 202 g/mol. The van der Waals surface area contributed by atoms with Crippen molar-refractivity contribution in [3.63, 3.8) is 0 Å². The number of carbonyl (C=O) groups is 1. The van der Waals surface area contributed by atoms with Gasteiger partial charge in [-0.3, -0.25) is 4.79 Å². The van der Waals surface area contributed by atoms with Gasteiger partial charge in [0.1, 0.15) is 6.04 Å². The van der Waals surface area contributed by atoms with Crippen molar-refractivity contribution in [2.24, 2.45) is 5.73 Å². The molecule has 0 aromatic rings. The molecule has 82 valence electrons. The molecule has 0 saturated carbocycles. The van der Waals surface area contributed by atoms with E-state index in [0.717, 1.165) is 25.9 Å². The smallest absolute Gasteiger partial charge is 0.321 e. The van der Waals surface area contributed by atoms with Crippen molar-refractivity contribution >= 4 is 5.97 Å². The summed E-state index contributed by atoms with van der Waals surface area (Å²) in [4.78, 5) is 12.6. The molecule has 0 spiro atoms. The van der Waals surface area contributed by atoms with Crippen LogP contribution in [0.25, 0.3) is 0 Å². The summed E-state index contributed by atoms with van der Waals surface area (Å²) in [5.41, 5.74) is 5.44. The van der Waals surface area contributed by atoms with E-state index in [9.17, 15) is 4.79 Å². The summed E-state index contributed by atoms with van der Waals surface area (Å²) in [5.74, 6) is -0.932. The third-order valence-corrected chi connectivity index (χ3v) is 2.64. The normalized spacial score (nSPS) is 22.1. The zero-order valence-electron chi connectivity index (χ0n) is 8.48. The number of ether oxygens (including phenoxy) is 1. The number of carboxylic acids is 1. The number of carboxylic acid groups (broad SMARTS) is 1. The number of hydrogen-bond donors (Lipinski definition) is 2. The average Bonchev–Trinajstić information content (AvgIpc) is 2.19. The molecule has 1 unspecified atom stereocenters. The van der Waals surface area contributed by atoms with Crippen LogP contribution in [-0.4, -0.2) is 54.9 Å². The van der Waals surface area contributed by atoms with E-state index in [4.69, 9.17) is 15.6 Å². The maximum absolute atomic E-state index is 10.5. The molecule has 0 radical (unpaired) electrons. The van der Waals surface area contributed by atoms with Crippen molar-refractivity contribution in [2.45, 2.75) is 25.0 Å². The van der Waals surface area contributed by atoms with Crippen molar-refractivity contribution < 1.29 is 14.6 Å². The van der Waals surface area contributed by atoms with Crippen LogP contribution in [0, 0.1) is 0 Å². The molecule has 1 atom stereocenters. The minimum absolute atomic E-state index is 0.326. The third-order valence-electron chi connectivity index (χ3n) is 2.64. The summed E-state index contributed by atoms with van der Waals surface area (Å²) < 4.78 is 5.22. The molecule has 1 heterocycles. The van der Waals surface area contributed by atoms with Gasteiger partial charge in [0.05, 0.1) is 6.10 Å². The van der Waals surface area contributed by atoms with Crippen molar-refractivity contribution in [3.05, 3.63) is 0 Å². The molecule has 14 heavy (non-hydrogen) atoms. The molecule has 5 nitrogen and oxygen atoms in total. The molecule has 3 N–H and O–H groups in total. The molecule has 1 saturated heterocycles. The van der Waals surface area contributed by atoms with Gasteiger partial charge in [0.2, 0.25) is 0 Å². The van der Waals surface area contributed by atoms with E-state index in [2.05, 4.69) is 4.90 Å². The van der Waals surface area contributed by atoms with Crippen molar-refractivity contribution in [1.29, 1.82) is 0 Å². The largest absolute Gasteiger partial charge is 0.480 e. The first kappa shape index (κ1) is 11.4. The first-order valence-electron chi connectivity index (χ1n) is 4.87. The van der Waals surface area contributed by atoms with Crippen molar-refractivity contribution in [1.82, 2.24) is 4.90 Å². The van der Waals surface area contributed by atoms with Crippen LogP contribution < -0.4 is 5.73 Å². The Kier molecular flexibility index (Phi) is 4.31. The van der Waals surface area contributed by atoms with Crippen LogP contribution in [0.2, 0.25) is 0 Å². The van der Waals surface area contributed by atoms with Gasteiger partial charge < -0.3 is 20.5 Å². The van der Waals surface area contributed by atoms with E-state index in [1.165, 1.54) is 0 Å². The lowest BCUT2D eigenvalue weighted by Crippen LogP contribution is -2.46. The lowest BCUT2D eigenvalue weighted by Gasteiger charge is -2.31. The van der Waals surface area contributed by atoms with E-state index < -0.39 is 12.0 Å². The molecule has 0 amide bonds. The van der Waals surface area contributed by atoms with Crippen LogP contribution in [0.4, 0.5) is 0 Å². The Morgan fingerprint density at radius 2 is 2.21 bits per heavy atom. The summed E-state index contributed by atoms with van der Waals surface area (Å²) >= 11 is 0. The fourth-order valence-electron chi connectivity index (χ4n) is 1.68. The second-order valence-corrected chi connectivity index (χ2v) is 3.68. The maximum Gasteiger partial charge on any atom is 0.321 e. The molecule has 0 bridgehead atoms. The van der Waals surface area contributed by atoms with Gasteiger partial charge >= 0.3 is 5.97 Å². The monoisotopic (exact) mass is 202 g/mol. The van der Waals surface area contributed by atoms with Crippen molar-refractivity contribution in [3.8, 4) is 0 Å². The Bertz CT molecular complexity index is 190. The van der Waals surface area contributed by atoms with E-state index >= 15 is 0 Å². The number of nitrogens with zero attached hydrogens (tertiary/aromatic N) is 1. The summed E-state index contributed by atoms with van der Waals surface area (Å²) in [6.45, 7) is 2.19. The molecular weight excluding hydrogens is 184 g/mol. The van der Waals surface area contributed by atoms with Gasteiger partial charge in [-0.1, -0.05) is 0 Å². The van der Waals surface area contributed by atoms with E-state index in [1.54, 1.807) is 7.11 Å². The predicted octanol–water partition coefficient (Wildman–Crippen LogP) is -0.491. The van der Waals surface area contributed by atoms with Crippen molar-refractivity contribution in [2.75, 3.05) is 26.7 Å². The Morgan fingerprint density at radius 1 is 1.64 bits per heavy atom. The van der Waals surface area contributed by atoms with E-state index in [0.29, 0.717) is 12.6 Å². The summed E-state index contributed by atoms with van der Waals surface area (Å²) in [6, 6.07) is -0.769. The highest BCUT2D eigenvalue weighted by molar-refractivity contribution is 5.73. The first-order valence-corrected chi connectivity index (χ1v) is 4.87. The lowest BCUT2D eigenvalue weighted by molar-refractivity contribution is -0.139. The topological polar surface area (TPSA) is 75.8 Å². The van der Waals surface area contributed by atoms with Crippen LogP contribution in [0.3, 0.4) is 0 Å². The number of piperidine rings is 1. The summed E-state index contributed by atoms with van der Waals surface area (Å²) in [7, 11) is 1.71. The van der Waals surface area contributed by atoms with Gasteiger partial charge in [0, 0.05) is 26.7 Å². The molecular formula is C9H18N2O3. The highest BCUT2D eigenvalue weighted by Crippen LogP contribution is 2.12. The number of rotatable bonds is 4. The van der Waals surface area contributed by atoms with Crippen LogP contribution in [0.1, 0.15) is 12.8 Å². The van der Waals surface area contributed by atoms with Gasteiger partial charge in [0.15, 0.2) is 0 Å². The van der Waals surface area contributed by atoms with Crippen LogP contribution in [-0.2, 0) is 9.53 Å². The zero-order valence-corrected chi connectivity index (χ0v) is 8.48. The van der Waals surface area contributed by atoms with Gasteiger partial charge in [-0.15, -0.1) is 0 Å². The van der Waals surface area contributed by atoms with Gasteiger partial charge in [-0.25, -0.2) is 0 Å². The molecule has 0 aliphatic carbocycles. The number of likely N-dealkylation sites (tertiary alicyclic amines) is 1. The molecule has 0 aromatic heterocycles. The van der Waals surface area contributed by atoms with Crippen LogP contribution in [0.5, 0.6) is 0 Å². The number of nitrogens with two attached hydrogens (primary N) is 1. The molecule has 1 aliphatic heterocycles. The Morgan fingerprint density at radius 3 is 2.64 bits per heavy atom. The fraction of sp³-hybridized carbons (Fsp3) is 0.889. The standard InChI is InChI=1S/C9H18N2O3/c1-14-7-2-4-11(5-3-7)6-8(10)9(12)13/h7-8H,2-6,10H2,1H3,(H,12,13). The number of methoxy groups -OCH3 is 1. The lowest BCUT2D eigenvalue weighted by atomic mass is 10.1. The van der Waals surface area contributed by atoms with Gasteiger partial charge in [-0.05, 0) is 12.8 Å². The Hall–Kier alpha value is -0.650. The second kappa shape index (κ2) is 5.29. The minimum atomic E-state index is -0.932. The molecule has 1 rings (SSSR count). The third kappa shape index (κ3) is 3.25. The summed E-state index contributed by atoms with van der Waals surface area (Å²) in [5, 5.41) is 8.63. The fourth-order valence-corrected chi connectivity index (χ4v) is 1.68. The quantitative estimate of drug-likeness (QED) is 0.643. The minimum Gasteiger partial charge on any atom is -0.480 e. The molecule has 0 aromatic carbocycles. The highest BCUT2D eigenvalue weighted by Gasteiger charge is 2.22. The molecule has 1 aliphatic rings. The van der Waals surface area contributed by atoms with Crippen LogP contribution in [0.15, 0.2) is 0 Å². The van der Waals surface area contributed by atoms with E-state index in [-0.39, 0.29) is 0 Å². The maximum atomic E-state index is 10.5. The van der Waals surface area contributed by atoms with Gasteiger partial charge in [0.25, 0.3) is 0 Å². The first-order chi connectivity index (χ1) is 6.63. The number of aliphatic carboxylic acids is 1. The van der Waals surface area contributed by atoms with Gasteiger partial charge in [-0.2, -0.15) is 0 Å². The summed E-state index contributed by atoms with van der Waals surface area (Å²) in [6.07, 6.45) is 2.25. The molecule has 5 heteroatoms. The second-order valence-electron chi connectivity index (χ2n) is 3.68. The molecule has 1 fully saturated rings. The van der Waals surface area contributed by atoms with Crippen LogP contribution >= 0.6 is 0 Å². The highest BCUT2D eigenvalue weighted by atomic mass is 16.5. The predicted molar refractivity (Wildman–Crippen MR) is 52.1 cm³/mol. The van der Waals surface area contributed by atoms with E-state index in [1.807, 2.05) is 0 Å². The Balaban J connectivity index is 2.25.